The molecular formula is C11H13FN4. The molecule has 2 aromatic rings. The Morgan fingerprint density at radius 1 is 1.31 bits per heavy atom. The topological polar surface area (TPSA) is 33.4 Å². The minimum absolute atomic E-state index is 0.229. The lowest BCUT2D eigenvalue weighted by atomic mass is 10.3. The Hall–Kier alpha value is -1.65. The van der Waals surface area contributed by atoms with E-state index in [4.69, 9.17) is 0 Å². The highest BCUT2D eigenvalue weighted by Crippen LogP contribution is 2.25. The molecule has 0 radical (unpaired) electrons. The van der Waals surface area contributed by atoms with Crippen molar-refractivity contribution in [2.75, 3.05) is 18.0 Å². The Labute approximate surface area is 92.7 Å². The van der Waals surface area contributed by atoms with Crippen LogP contribution in [0, 0.1) is 12.7 Å². The third-order valence-electron chi connectivity index (χ3n) is 3.04. The molecule has 0 N–H and O–H groups in total. The Morgan fingerprint density at radius 3 is 2.81 bits per heavy atom. The van der Waals surface area contributed by atoms with E-state index in [1.807, 2.05) is 0 Å². The van der Waals surface area contributed by atoms with Crippen LogP contribution in [0.3, 0.4) is 0 Å². The van der Waals surface area contributed by atoms with Crippen molar-refractivity contribution in [3.05, 3.63) is 23.9 Å². The Morgan fingerprint density at radius 2 is 2.06 bits per heavy atom. The summed E-state index contributed by atoms with van der Waals surface area (Å²) in [6.45, 7) is 3.50. The fraction of sp³-hybridized carbons (Fsp3) is 0.455. The highest BCUT2D eigenvalue weighted by atomic mass is 19.1. The molecule has 0 saturated carbocycles. The van der Waals surface area contributed by atoms with E-state index in [-0.39, 0.29) is 5.82 Å². The van der Waals surface area contributed by atoms with Gasteiger partial charge in [0, 0.05) is 25.5 Å². The zero-order chi connectivity index (χ0) is 11.1. The fourth-order valence-electron chi connectivity index (χ4n) is 2.23. The molecule has 0 unspecified atom stereocenters. The van der Waals surface area contributed by atoms with Crippen LogP contribution in [-0.4, -0.2) is 27.5 Å². The average Bonchev–Trinajstić information content (AvgIpc) is 2.89. The number of hydrogen-bond acceptors (Lipinski definition) is 3. The molecule has 84 valence electrons. The number of aryl methyl sites for hydroxylation is 1. The van der Waals surface area contributed by atoms with Crippen molar-refractivity contribution in [1.29, 1.82) is 0 Å². The quantitative estimate of drug-likeness (QED) is 0.734. The van der Waals surface area contributed by atoms with Crippen LogP contribution in [0.4, 0.5) is 10.2 Å². The van der Waals surface area contributed by atoms with Crippen LogP contribution >= 0.6 is 0 Å². The van der Waals surface area contributed by atoms with Crippen LogP contribution in [0.2, 0.25) is 0 Å². The van der Waals surface area contributed by atoms with Crippen LogP contribution < -0.4 is 4.90 Å². The third kappa shape index (κ3) is 1.27. The fourth-order valence-corrected chi connectivity index (χ4v) is 2.23. The van der Waals surface area contributed by atoms with Crippen molar-refractivity contribution >= 4 is 11.6 Å². The molecule has 4 nitrogen and oxygen atoms in total. The largest absolute Gasteiger partial charge is 0.355 e. The molecule has 0 aliphatic carbocycles. The SMILES string of the molecule is Cc1nc2nccn2c(N2CCCC2)c1F. The summed E-state index contributed by atoms with van der Waals surface area (Å²) < 4.78 is 15.8. The van der Waals surface area contributed by atoms with Gasteiger partial charge in [-0.25, -0.2) is 14.4 Å². The van der Waals surface area contributed by atoms with Gasteiger partial charge in [-0.2, -0.15) is 0 Å². The summed E-state index contributed by atoms with van der Waals surface area (Å²) in [5.74, 6) is 0.950. The van der Waals surface area contributed by atoms with Crippen molar-refractivity contribution < 1.29 is 4.39 Å². The molecule has 1 saturated heterocycles. The summed E-state index contributed by atoms with van der Waals surface area (Å²) in [6.07, 6.45) is 5.66. The summed E-state index contributed by atoms with van der Waals surface area (Å²) in [5, 5.41) is 0. The van der Waals surface area contributed by atoms with E-state index in [2.05, 4.69) is 14.9 Å². The van der Waals surface area contributed by atoms with Gasteiger partial charge in [0.25, 0.3) is 0 Å². The second-order valence-corrected chi connectivity index (χ2v) is 4.13. The molecule has 0 atom stereocenters. The summed E-state index contributed by atoms with van der Waals surface area (Å²) >= 11 is 0. The standard InChI is InChI=1S/C11H13FN4/c1-8-9(12)10(15-5-2-3-6-15)16-7-4-13-11(16)14-8/h4,7H,2-3,5-6H2,1H3. The Balaban J connectivity index is 2.26. The average molecular weight is 220 g/mol. The number of nitrogens with zero attached hydrogens (tertiary/aromatic N) is 4. The first-order valence-corrected chi connectivity index (χ1v) is 5.51. The molecule has 0 bridgehead atoms. The summed E-state index contributed by atoms with van der Waals surface area (Å²) in [4.78, 5) is 10.3. The maximum absolute atomic E-state index is 14.1. The van der Waals surface area contributed by atoms with Gasteiger partial charge in [0.1, 0.15) is 0 Å². The molecule has 5 heteroatoms. The lowest BCUT2D eigenvalue weighted by Crippen LogP contribution is -2.23. The van der Waals surface area contributed by atoms with Crippen LogP contribution in [0.25, 0.3) is 5.78 Å². The summed E-state index contributed by atoms with van der Waals surface area (Å²) in [6, 6.07) is 0. The predicted octanol–water partition coefficient (Wildman–Crippen LogP) is 1.78. The third-order valence-corrected chi connectivity index (χ3v) is 3.04. The van der Waals surface area contributed by atoms with Crippen LogP contribution in [-0.2, 0) is 0 Å². The van der Waals surface area contributed by atoms with Crippen LogP contribution in [0.15, 0.2) is 12.4 Å². The molecule has 16 heavy (non-hydrogen) atoms. The maximum atomic E-state index is 14.1. The van der Waals surface area contributed by atoms with E-state index in [1.165, 1.54) is 0 Å². The number of halogens is 1. The minimum Gasteiger partial charge on any atom is -0.355 e. The lowest BCUT2D eigenvalue weighted by molar-refractivity contribution is 0.595. The molecule has 1 aliphatic heterocycles. The van der Waals surface area contributed by atoms with Gasteiger partial charge in [0.15, 0.2) is 11.6 Å². The smallest absolute Gasteiger partial charge is 0.235 e. The molecule has 0 amide bonds. The first-order valence-electron chi connectivity index (χ1n) is 5.51. The second-order valence-electron chi connectivity index (χ2n) is 4.13. The van der Waals surface area contributed by atoms with Crippen LogP contribution in [0.1, 0.15) is 18.5 Å². The van der Waals surface area contributed by atoms with E-state index in [9.17, 15) is 4.39 Å². The zero-order valence-electron chi connectivity index (χ0n) is 9.15. The van der Waals surface area contributed by atoms with Gasteiger partial charge in [-0.15, -0.1) is 0 Å². The molecule has 0 aromatic carbocycles. The van der Waals surface area contributed by atoms with E-state index < -0.39 is 0 Å². The normalized spacial score (nSPS) is 16.2. The van der Waals surface area contributed by atoms with Gasteiger partial charge in [0.2, 0.25) is 5.78 Å². The number of fused-ring (bicyclic) bond motifs is 1. The van der Waals surface area contributed by atoms with Crippen molar-refractivity contribution in [1.82, 2.24) is 14.4 Å². The zero-order valence-corrected chi connectivity index (χ0v) is 9.15. The number of anilines is 1. The van der Waals surface area contributed by atoms with Gasteiger partial charge in [-0.3, -0.25) is 4.40 Å². The molecule has 2 aromatic heterocycles. The number of aromatic nitrogens is 3. The molecule has 3 rings (SSSR count). The monoisotopic (exact) mass is 220 g/mol. The summed E-state index contributed by atoms with van der Waals surface area (Å²) in [7, 11) is 0. The number of rotatable bonds is 1. The maximum Gasteiger partial charge on any atom is 0.235 e. The predicted molar refractivity (Wildman–Crippen MR) is 59.1 cm³/mol. The van der Waals surface area contributed by atoms with Gasteiger partial charge in [-0.1, -0.05) is 0 Å². The number of imidazole rings is 1. The first kappa shape index (κ1) is 9.57. The van der Waals surface area contributed by atoms with Crippen molar-refractivity contribution in [3.8, 4) is 0 Å². The van der Waals surface area contributed by atoms with Gasteiger partial charge in [0.05, 0.1) is 5.69 Å². The second kappa shape index (κ2) is 3.43. The van der Waals surface area contributed by atoms with Gasteiger partial charge in [-0.05, 0) is 19.8 Å². The van der Waals surface area contributed by atoms with E-state index >= 15 is 0 Å². The van der Waals surface area contributed by atoms with Crippen molar-refractivity contribution in [3.63, 3.8) is 0 Å². The highest BCUT2D eigenvalue weighted by molar-refractivity contribution is 5.50. The molecule has 1 aliphatic rings. The summed E-state index contributed by atoms with van der Waals surface area (Å²) in [5.41, 5.74) is 0.417. The lowest BCUT2D eigenvalue weighted by Gasteiger charge is -2.20. The van der Waals surface area contributed by atoms with Crippen LogP contribution in [0.5, 0.6) is 0 Å². The minimum atomic E-state index is -0.229. The molecule has 0 spiro atoms. The van der Waals surface area contributed by atoms with Crippen molar-refractivity contribution in [2.24, 2.45) is 0 Å². The Bertz CT molecular complexity index is 528. The van der Waals surface area contributed by atoms with Crippen molar-refractivity contribution in [2.45, 2.75) is 19.8 Å². The first-order chi connectivity index (χ1) is 7.77. The van der Waals surface area contributed by atoms with Gasteiger partial charge < -0.3 is 4.90 Å². The van der Waals surface area contributed by atoms with E-state index in [0.29, 0.717) is 17.3 Å². The number of hydrogen-bond donors (Lipinski definition) is 0. The molecular weight excluding hydrogens is 207 g/mol. The van der Waals surface area contributed by atoms with E-state index in [1.54, 1.807) is 23.7 Å². The molecule has 3 heterocycles. The molecule has 1 fully saturated rings. The van der Waals surface area contributed by atoms with E-state index in [0.717, 1.165) is 25.9 Å². The highest BCUT2D eigenvalue weighted by Gasteiger charge is 2.21. The van der Waals surface area contributed by atoms with Gasteiger partial charge >= 0.3 is 0 Å². The Kier molecular flexibility index (Phi) is 2.05.